The molecule has 0 saturated heterocycles. The van der Waals surface area contributed by atoms with E-state index in [0.717, 1.165) is 11.3 Å². The number of rotatable bonds is 2. The number of nitrogens with two attached hydrogens (primary N) is 1. The molecule has 0 aliphatic carbocycles. The molecule has 66 valence electrons. The first-order chi connectivity index (χ1) is 6.27. The fourth-order valence-electron chi connectivity index (χ4n) is 1.33. The van der Waals surface area contributed by atoms with Crippen LogP contribution >= 0.6 is 0 Å². The molecule has 2 N–H and O–H groups in total. The number of carbonyl (C=O) groups is 1. The third-order valence-corrected chi connectivity index (χ3v) is 1.87. The Balaban J connectivity index is 2.54. The average Bonchev–Trinajstić information content (AvgIpc) is 2.51. The molecule has 2 aromatic rings. The zero-order chi connectivity index (χ0) is 9.26. The van der Waals surface area contributed by atoms with Gasteiger partial charge in [-0.2, -0.15) is 0 Å². The van der Waals surface area contributed by atoms with E-state index in [2.05, 4.69) is 4.98 Å². The Kier molecular flexibility index (Phi) is 1.73. The minimum Gasteiger partial charge on any atom is -0.369 e. The molecule has 0 bridgehead atoms. The van der Waals surface area contributed by atoms with Crippen LogP contribution in [0.3, 0.4) is 0 Å². The van der Waals surface area contributed by atoms with Crippen molar-refractivity contribution in [3.63, 3.8) is 0 Å². The van der Waals surface area contributed by atoms with Crippen LogP contribution in [0.1, 0.15) is 5.69 Å². The summed E-state index contributed by atoms with van der Waals surface area (Å²) in [4.78, 5) is 14.8. The molecule has 4 heteroatoms. The Morgan fingerprint density at radius 2 is 2.38 bits per heavy atom. The summed E-state index contributed by atoms with van der Waals surface area (Å²) >= 11 is 0. The minimum atomic E-state index is -0.332. The third-order valence-electron chi connectivity index (χ3n) is 1.87. The van der Waals surface area contributed by atoms with Crippen molar-refractivity contribution in [1.82, 2.24) is 9.38 Å². The van der Waals surface area contributed by atoms with Gasteiger partial charge in [0.15, 0.2) is 0 Å². The van der Waals surface area contributed by atoms with Crippen LogP contribution < -0.4 is 5.73 Å². The van der Waals surface area contributed by atoms with Gasteiger partial charge in [0.2, 0.25) is 5.91 Å². The lowest BCUT2D eigenvalue weighted by Crippen LogP contribution is -2.15. The molecular formula is C9H9N3O. The summed E-state index contributed by atoms with van der Waals surface area (Å²) in [6.07, 6.45) is 3.75. The van der Waals surface area contributed by atoms with Crippen molar-refractivity contribution in [1.29, 1.82) is 0 Å². The number of primary amides is 1. The number of hydrogen-bond acceptors (Lipinski definition) is 2. The molecule has 0 saturated carbocycles. The molecule has 2 aromatic heterocycles. The van der Waals surface area contributed by atoms with Crippen molar-refractivity contribution in [2.75, 3.05) is 0 Å². The van der Waals surface area contributed by atoms with Gasteiger partial charge in [-0.25, -0.2) is 4.98 Å². The van der Waals surface area contributed by atoms with Crippen molar-refractivity contribution in [3.8, 4) is 0 Å². The Morgan fingerprint density at radius 3 is 3.15 bits per heavy atom. The molecule has 0 atom stereocenters. The summed E-state index contributed by atoms with van der Waals surface area (Å²) in [5, 5.41) is 0. The summed E-state index contributed by atoms with van der Waals surface area (Å²) in [6.45, 7) is 0. The van der Waals surface area contributed by atoms with Gasteiger partial charge in [0.1, 0.15) is 5.65 Å². The van der Waals surface area contributed by atoms with Crippen LogP contribution in [0.4, 0.5) is 0 Å². The molecule has 0 fully saturated rings. The molecule has 0 aromatic carbocycles. The maximum absolute atomic E-state index is 10.7. The Hall–Kier alpha value is -1.84. The summed E-state index contributed by atoms with van der Waals surface area (Å²) in [7, 11) is 0. The lowest BCUT2D eigenvalue weighted by Gasteiger charge is -2.01. The van der Waals surface area contributed by atoms with Gasteiger partial charge < -0.3 is 10.1 Å². The normalized spacial score (nSPS) is 10.5. The molecule has 2 heterocycles. The monoisotopic (exact) mass is 175 g/mol. The van der Waals surface area contributed by atoms with Crippen LogP contribution in [0.25, 0.3) is 5.65 Å². The number of pyridine rings is 1. The van der Waals surface area contributed by atoms with Crippen LogP contribution in [0.15, 0.2) is 30.6 Å². The van der Waals surface area contributed by atoms with Gasteiger partial charge >= 0.3 is 0 Å². The van der Waals surface area contributed by atoms with Crippen molar-refractivity contribution in [2.24, 2.45) is 5.73 Å². The highest BCUT2D eigenvalue weighted by atomic mass is 16.1. The molecule has 0 spiro atoms. The SMILES string of the molecule is NC(=O)Cc1cccc2nccn12. The van der Waals surface area contributed by atoms with E-state index in [1.165, 1.54) is 0 Å². The van der Waals surface area contributed by atoms with Crippen LogP contribution in [-0.4, -0.2) is 15.3 Å². The van der Waals surface area contributed by atoms with Crippen LogP contribution in [0, 0.1) is 0 Å². The minimum absolute atomic E-state index is 0.244. The fourth-order valence-corrected chi connectivity index (χ4v) is 1.33. The number of imidazole rings is 1. The van der Waals surface area contributed by atoms with Gasteiger partial charge in [-0.1, -0.05) is 6.07 Å². The number of nitrogens with zero attached hydrogens (tertiary/aromatic N) is 2. The second-order valence-electron chi connectivity index (χ2n) is 2.82. The lowest BCUT2D eigenvalue weighted by molar-refractivity contribution is -0.117. The maximum Gasteiger partial charge on any atom is 0.223 e. The molecule has 0 unspecified atom stereocenters. The van der Waals surface area contributed by atoms with Gasteiger partial charge in [-0.15, -0.1) is 0 Å². The van der Waals surface area contributed by atoms with Gasteiger partial charge in [-0.3, -0.25) is 4.79 Å². The zero-order valence-corrected chi connectivity index (χ0v) is 6.97. The highest BCUT2D eigenvalue weighted by Gasteiger charge is 2.02. The highest BCUT2D eigenvalue weighted by molar-refractivity contribution is 5.76. The average molecular weight is 175 g/mol. The smallest absolute Gasteiger partial charge is 0.223 e. The van der Waals surface area contributed by atoms with Crippen molar-refractivity contribution < 1.29 is 4.79 Å². The van der Waals surface area contributed by atoms with Crippen LogP contribution in [0.2, 0.25) is 0 Å². The lowest BCUT2D eigenvalue weighted by atomic mass is 10.2. The van der Waals surface area contributed by atoms with E-state index in [4.69, 9.17) is 5.73 Å². The quantitative estimate of drug-likeness (QED) is 0.716. The van der Waals surface area contributed by atoms with E-state index in [1.807, 2.05) is 28.8 Å². The van der Waals surface area contributed by atoms with E-state index in [1.54, 1.807) is 6.20 Å². The van der Waals surface area contributed by atoms with E-state index in [0.29, 0.717) is 0 Å². The van der Waals surface area contributed by atoms with E-state index in [9.17, 15) is 4.79 Å². The molecular weight excluding hydrogens is 166 g/mol. The first kappa shape index (κ1) is 7.79. The number of carbonyl (C=O) groups excluding carboxylic acids is 1. The largest absolute Gasteiger partial charge is 0.369 e. The van der Waals surface area contributed by atoms with E-state index in [-0.39, 0.29) is 12.3 Å². The summed E-state index contributed by atoms with van der Waals surface area (Å²) < 4.78 is 1.85. The number of hydrogen-bond donors (Lipinski definition) is 1. The van der Waals surface area contributed by atoms with Gasteiger partial charge in [0, 0.05) is 18.1 Å². The van der Waals surface area contributed by atoms with Crippen molar-refractivity contribution in [2.45, 2.75) is 6.42 Å². The van der Waals surface area contributed by atoms with E-state index >= 15 is 0 Å². The molecule has 4 nitrogen and oxygen atoms in total. The molecule has 0 aliphatic heterocycles. The first-order valence-electron chi connectivity index (χ1n) is 3.96. The molecule has 0 aliphatic rings. The zero-order valence-electron chi connectivity index (χ0n) is 6.97. The predicted octanol–water partition coefficient (Wildman–Crippen LogP) is 0.362. The molecule has 13 heavy (non-hydrogen) atoms. The second kappa shape index (κ2) is 2.90. The summed E-state index contributed by atoms with van der Waals surface area (Å²) in [6, 6.07) is 5.60. The number of fused-ring (bicyclic) bond motifs is 1. The van der Waals surface area contributed by atoms with Crippen LogP contribution in [0.5, 0.6) is 0 Å². The summed E-state index contributed by atoms with van der Waals surface area (Å²) in [5.74, 6) is -0.332. The summed E-state index contributed by atoms with van der Waals surface area (Å²) in [5.41, 5.74) is 6.81. The van der Waals surface area contributed by atoms with E-state index < -0.39 is 0 Å². The number of aromatic nitrogens is 2. The molecule has 1 amide bonds. The van der Waals surface area contributed by atoms with Gasteiger partial charge in [0.25, 0.3) is 0 Å². The van der Waals surface area contributed by atoms with Gasteiger partial charge in [-0.05, 0) is 12.1 Å². The fraction of sp³-hybridized carbons (Fsp3) is 0.111. The maximum atomic E-state index is 10.7. The number of amides is 1. The third kappa shape index (κ3) is 1.38. The van der Waals surface area contributed by atoms with Gasteiger partial charge in [0.05, 0.1) is 6.42 Å². The Labute approximate surface area is 75.0 Å². The first-order valence-corrected chi connectivity index (χ1v) is 3.96. The molecule has 2 rings (SSSR count). The standard InChI is InChI=1S/C9H9N3O/c10-8(13)6-7-2-1-3-9-11-4-5-12(7)9/h1-5H,6H2,(H2,10,13). The Bertz CT molecular complexity index is 447. The van der Waals surface area contributed by atoms with Crippen molar-refractivity contribution >= 4 is 11.6 Å². The highest BCUT2D eigenvalue weighted by Crippen LogP contribution is 2.05. The van der Waals surface area contributed by atoms with Crippen molar-refractivity contribution in [3.05, 3.63) is 36.3 Å². The topological polar surface area (TPSA) is 60.4 Å². The second-order valence-corrected chi connectivity index (χ2v) is 2.82. The van der Waals surface area contributed by atoms with Crippen LogP contribution in [-0.2, 0) is 11.2 Å². The predicted molar refractivity (Wildman–Crippen MR) is 48.1 cm³/mol. The Morgan fingerprint density at radius 1 is 1.54 bits per heavy atom. The molecule has 0 radical (unpaired) electrons.